The van der Waals surface area contributed by atoms with E-state index < -0.39 is 0 Å². The highest BCUT2D eigenvalue weighted by atomic mass is 32.2. The lowest BCUT2D eigenvalue weighted by Gasteiger charge is -2.17. The molecule has 2 heterocycles. The van der Waals surface area contributed by atoms with Crippen LogP contribution in [0.1, 0.15) is 10.9 Å². The van der Waals surface area contributed by atoms with Crippen molar-refractivity contribution in [2.24, 2.45) is 0 Å². The van der Waals surface area contributed by atoms with E-state index in [1.54, 1.807) is 28.8 Å². The zero-order chi connectivity index (χ0) is 13.4. The van der Waals surface area contributed by atoms with Crippen LogP contribution in [0.15, 0.2) is 42.7 Å². The SMILES string of the molecule is CN1C(=O)CS[C@H]1c1ccn(-c2ccc(F)cc2)c1. The Morgan fingerprint density at radius 1 is 1.26 bits per heavy atom. The zero-order valence-electron chi connectivity index (χ0n) is 10.4. The van der Waals surface area contributed by atoms with Gasteiger partial charge in [0.05, 0.1) is 5.75 Å². The van der Waals surface area contributed by atoms with Crippen molar-refractivity contribution in [3.63, 3.8) is 0 Å². The number of aromatic nitrogens is 1. The van der Waals surface area contributed by atoms with Crippen LogP contribution in [0.2, 0.25) is 0 Å². The van der Waals surface area contributed by atoms with E-state index in [0.717, 1.165) is 11.3 Å². The first kappa shape index (κ1) is 12.3. The average Bonchev–Trinajstić information content (AvgIpc) is 2.99. The summed E-state index contributed by atoms with van der Waals surface area (Å²) in [6.07, 6.45) is 3.92. The molecule has 0 unspecified atom stereocenters. The summed E-state index contributed by atoms with van der Waals surface area (Å²) in [5.74, 6) is 0.445. The summed E-state index contributed by atoms with van der Waals surface area (Å²) in [6, 6.07) is 8.34. The van der Waals surface area contributed by atoms with E-state index in [2.05, 4.69) is 0 Å². The smallest absolute Gasteiger partial charge is 0.233 e. The molecule has 1 aromatic carbocycles. The molecule has 0 radical (unpaired) electrons. The van der Waals surface area contributed by atoms with Crippen molar-refractivity contribution in [1.82, 2.24) is 9.47 Å². The van der Waals surface area contributed by atoms with Crippen molar-refractivity contribution in [2.75, 3.05) is 12.8 Å². The van der Waals surface area contributed by atoms with Crippen LogP contribution < -0.4 is 0 Å². The number of thioether (sulfide) groups is 1. The predicted molar refractivity (Wildman–Crippen MR) is 73.7 cm³/mol. The third-order valence-electron chi connectivity index (χ3n) is 3.24. The number of hydrogen-bond donors (Lipinski definition) is 0. The molecule has 98 valence electrons. The Balaban J connectivity index is 1.87. The van der Waals surface area contributed by atoms with Crippen LogP contribution in [-0.2, 0) is 4.79 Å². The van der Waals surface area contributed by atoms with Gasteiger partial charge < -0.3 is 9.47 Å². The summed E-state index contributed by atoms with van der Waals surface area (Å²) < 4.78 is 14.8. The summed E-state index contributed by atoms with van der Waals surface area (Å²) >= 11 is 1.63. The second-order valence-corrected chi connectivity index (χ2v) is 5.57. The first-order chi connectivity index (χ1) is 9.15. The number of benzene rings is 1. The van der Waals surface area contributed by atoms with E-state index in [0.29, 0.717) is 5.75 Å². The van der Waals surface area contributed by atoms with Crippen LogP contribution in [0.25, 0.3) is 5.69 Å². The van der Waals surface area contributed by atoms with Crippen molar-refractivity contribution in [2.45, 2.75) is 5.37 Å². The summed E-state index contributed by atoms with van der Waals surface area (Å²) in [4.78, 5) is 13.3. The van der Waals surface area contributed by atoms with E-state index in [1.165, 1.54) is 12.1 Å². The fourth-order valence-electron chi connectivity index (χ4n) is 2.15. The fourth-order valence-corrected chi connectivity index (χ4v) is 3.32. The molecule has 0 saturated carbocycles. The van der Waals surface area contributed by atoms with Crippen LogP contribution in [-0.4, -0.2) is 28.2 Å². The molecule has 1 amide bonds. The zero-order valence-corrected chi connectivity index (χ0v) is 11.2. The van der Waals surface area contributed by atoms with Gasteiger partial charge in [0.25, 0.3) is 0 Å². The lowest BCUT2D eigenvalue weighted by atomic mass is 10.3. The minimum atomic E-state index is -0.243. The summed E-state index contributed by atoms with van der Waals surface area (Å²) in [5.41, 5.74) is 1.99. The van der Waals surface area contributed by atoms with Gasteiger partial charge in [0, 0.05) is 30.7 Å². The first-order valence-corrected chi connectivity index (χ1v) is 7.01. The molecule has 0 spiro atoms. The van der Waals surface area contributed by atoms with Crippen LogP contribution in [0.5, 0.6) is 0 Å². The van der Waals surface area contributed by atoms with E-state index >= 15 is 0 Å². The molecule has 3 nitrogen and oxygen atoms in total. The van der Waals surface area contributed by atoms with Crippen LogP contribution in [0, 0.1) is 5.82 Å². The molecule has 0 aliphatic carbocycles. The minimum absolute atomic E-state index is 0.0780. The Morgan fingerprint density at radius 2 is 2.00 bits per heavy atom. The maximum absolute atomic E-state index is 12.9. The van der Waals surface area contributed by atoms with E-state index in [-0.39, 0.29) is 17.1 Å². The molecule has 5 heteroatoms. The van der Waals surface area contributed by atoms with Crippen molar-refractivity contribution >= 4 is 17.7 Å². The third-order valence-corrected chi connectivity index (χ3v) is 4.55. The molecule has 1 aliphatic heterocycles. The van der Waals surface area contributed by atoms with Crippen molar-refractivity contribution in [3.8, 4) is 5.69 Å². The molecular formula is C14H13FN2OS. The number of rotatable bonds is 2. The van der Waals surface area contributed by atoms with Crippen molar-refractivity contribution in [1.29, 1.82) is 0 Å². The lowest BCUT2D eigenvalue weighted by molar-refractivity contribution is -0.126. The van der Waals surface area contributed by atoms with Gasteiger partial charge in [-0.15, -0.1) is 11.8 Å². The number of carbonyl (C=O) groups excluding carboxylic acids is 1. The standard InChI is InChI=1S/C14H13FN2OS/c1-16-13(18)9-19-14(16)10-6-7-17(8-10)12-4-2-11(15)3-5-12/h2-8,14H,9H2,1H3/t14-/m0/s1. The molecule has 1 saturated heterocycles. The summed E-state index contributed by atoms with van der Waals surface area (Å²) in [6.45, 7) is 0. The first-order valence-electron chi connectivity index (χ1n) is 5.96. The fraction of sp³-hybridized carbons (Fsp3) is 0.214. The molecule has 1 fully saturated rings. The molecule has 1 aromatic heterocycles. The third kappa shape index (κ3) is 2.26. The number of carbonyl (C=O) groups is 1. The summed E-state index contributed by atoms with van der Waals surface area (Å²) in [5, 5.41) is 0.0780. The topological polar surface area (TPSA) is 25.2 Å². The van der Waals surface area contributed by atoms with E-state index in [1.807, 2.05) is 30.1 Å². The quantitative estimate of drug-likeness (QED) is 0.842. The van der Waals surface area contributed by atoms with Gasteiger partial charge in [-0.1, -0.05) is 0 Å². The number of amides is 1. The van der Waals surface area contributed by atoms with Gasteiger partial charge in [-0.25, -0.2) is 4.39 Å². The van der Waals surface area contributed by atoms with E-state index in [9.17, 15) is 9.18 Å². The second-order valence-electron chi connectivity index (χ2n) is 4.50. The largest absolute Gasteiger partial charge is 0.329 e. The Labute approximate surface area is 115 Å². The summed E-state index contributed by atoms with van der Waals surface area (Å²) in [7, 11) is 1.82. The molecule has 1 aliphatic rings. The molecular weight excluding hydrogens is 263 g/mol. The molecule has 0 bridgehead atoms. The molecule has 0 N–H and O–H groups in total. The van der Waals surface area contributed by atoms with Gasteiger partial charge in [-0.3, -0.25) is 4.79 Å². The molecule has 3 rings (SSSR count). The average molecular weight is 276 g/mol. The maximum atomic E-state index is 12.9. The van der Waals surface area contributed by atoms with Crippen LogP contribution in [0.4, 0.5) is 4.39 Å². The van der Waals surface area contributed by atoms with Gasteiger partial charge in [0.1, 0.15) is 11.2 Å². The Kier molecular flexibility index (Phi) is 3.06. The highest BCUT2D eigenvalue weighted by Crippen LogP contribution is 2.37. The molecule has 1 atom stereocenters. The highest BCUT2D eigenvalue weighted by Gasteiger charge is 2.30. The van der Waals surface area contributed by atoms with Crippen LogP contribution >= 0.6 is 11.8 Å². The monoisotopic (exact) mass is 276 g/mol. The Hall–Kier alpha value is -1.75. The second kappa shape index (κ2) is 4.74. The number of nitrogens with zero attached hydrogens (tertiary/aromatic N) is 2. The van der Waals surface area contributed by atoms with Gasteiger partial charge in [-0.2, -0.15) is 0 Å². The molecule has 19 heavy (non-hydrogen) atoms. The minimum Gasteiger partial charge on any atom is -0.329 e. The lowest BCUT2D eigenvalue weighted by Crippen LogP contribution is -2.22. The number of hydrogen-bond acceptors (Lipinski definition) is 2. The van der Waals surface area contributed by atoms with Crippen LogP contribution in [0.3, 0.4) is 0 Å². The Morgan fingerprint density at radius 3 is 2.63 bits per heavy atom. The normalized spacial score (nSPS) is 19.2. The van der Waals surface area contributed by atoms with Crippen molar-refractivity contribution in [3.05, 3.63) is 54.1 Å². The number of halogens is 1. The van der Waals surface area contributed by atoms with Gasteiger partial charge in [0.15, 0.2) is 0 Å². The van der Waals surface area contributed by atoms with E-state index in [4.69, 9.17) is 0 Å². The van der Waals surface area contributed by atoms with Gasteiger partial charge in [-0.05, 0) is 30.3 Å². The highest BCUT2D eigenvalue weighted by molar-refractivity contribution is 8.00. The van der Waals surface area contributed by atoms with Gasteiger partial charge >= 0.3 is 0 Å². The van der Waals surface area contributed by atoms with Gasteiger partial charge in [0.2, 0.25) is 5.91 Å². The predicted octanol–water partition coefficient (Wildman–Crippen LogP) is 2.82. The Bertz CT molecular complexity index is 608. The van der Waals surface area contributed by atoms with Crippen molar-refractivity contribution < 1.29 is 9.18 Å². The maximum Gasteiger partial charge on any atom is 0.233 e. The molecule has 2 aromatic rings.